The quantitative estimate of drug-likeness (QED) is 0.873. The maximum Gasteiger partial charge on any atom is 0.303 e. The minimum absolute atomic E-state index is 0.00377. The second-order valence-electron chi connectivity index (χ2n) is 4.96. The number of carboxylic acids is 1. The second kappa shape index (κ2) is 5.89. The van der Waals surface area contributed by atoms with E-state index in [0.29, 0.717) is 34.9 Å². The van der Waals surface area contributed by atoms with Crippen molar-refractivity contribution in [1.29, 1.82) is 0 Å². The van der Waals surface area contributed by atoms with Gasteiger partial charge < -0.3 is 20.3 Å². The van der Waals surface area contributed by atoms with E-state index in [1.165, 1.54) is 0 Å². The normalized spacial score (nSPS) is 18.3. The van der Waals surface area contributed by atoms with Gasteiger partial charge in [-0.2, -0.15) is 0 Å². The highest BCUT2D eigenvalue weighted by Gasteiger charge is 2.29. The van der Waals surface area contributed by atoms with Crippen LogP contribution in [0.5, 0.6) is 11.5 Å². The summed E-state index contributed by atoms with van der Waals surface area (Å²) in [5, 5.41) is 9.29. The van der Waals surface area contributed by atoms with Gasteiger partial charge in [0.05, 0.1) is 12.1 Å². The van der Waals surface area contributed by atoms with Crippen LogP contribution in [0.3, 0.4) is 0 Å². The molecule has 1 aliphatic heterocycles. The molecule has 0 saturated carbocycles. The molecule has 1 aromatic rings. The third-order valence-electron chi connectivity index (χ3n) is 3.40. The van der Waals surface area contributed by atoms with Gasteiger partial charge in [0, 0.05) is 24.4 Å². The van der Waals surface area contributed by atoms with E-state index in [4.69, 9.17) is 31.9 Å². The van der Waals surface area contributed by atoms with Crippen molar-refractivity contribution in [3.05, 3.63) is 22.2 Å². The highest BCUT2D eigenvalue weighted by Crippen LogP contribution is 2.45. The van der Waals surface area contributed by atoms with Crippen LogP contribution in [0.15, 0.2) is 6.07 Å². The van der Waals surface area contributed by atoms with Crippen molar-refractivity contribution in [2.24, 2.45) is 5.73 Å². The van der Waals surface area contributed by atoms with Gasteiger partial charge in [0.2, 0.25) is 0 Å². The van der Waals surface area contributed by atoms with Crippen molar-refractivity contribution in [1.82, 2.24) is 0 Å². The second-order valence-corrected chi connectivity index (χ2v) is 5.34. The number of fused-ring (bicyclic) bond motifs is 1. The first-order valence-corrected chi connectivity index (χ1v) is 6.85. The molecule has 0 fully saturated rings. The molecule has 0 saturated heterocycles. The third-order valence-corrected chi connectivity index (χ3v) is 3.85. The number of methoxy groups -OCH3 is 1. The largest absolute Gasteiger partial charge is 0.493 e. The molecule has 0 radical (unpaired) electrons. The first kappa shape index (κ1) is 14.9. The molecular weight excluding hydrogens is 282 g/mol. The lowest BCUT2D eigenvalue weighted by Crippen LogP contribution is -2.13. The maximum atomic E-state index is 10.6. The lowest BCUT2D eigenvalue weighted by atomic mass is 9.98. The van der Waals surface area contributed by atoms with Gasteiger partial charge in [-0.3, -0.25) is 4.79 Å². The summed E-state index contributed by atoms with van der Waals surface area (Å²) in [6.07, 6.45) is 1.07. The van der Waals surface area contributed by atoms with Crippen molar-refractivity contribution in [2.45, 2.75) is 38.3 Å². The fourth-order valence-corrected chi connectivity index (χ4v) is 2.75. The van der Waals surface area contributed by atoms with Crippen molar-refractivity contribution >= 4 is 17.6 Å². The zero-order chi connectivity index (χ0) is 14.9. The molecular formula is C14H18ClNO4. The fourth-order valence-electron chi connectivity index (χ4n) is 2.39. The van der Waals surface area contributed by atoms with Gasteiger partial charge in [-0.05, 0) is 25.0 Å². The number of benzene rings is 1. The third kappa shape index (κ3) is 2.83. The zero-order valence-electron chi connectivity index (χ0n) is 11.5. The topological polar surface area (TPSA) is 81.8 Å². The Bertz CT molecular complexity index is 532. The van der Waals surface area contributed by atoms with Gasteiger partial charge in [0.1, 0.15) is 6.10 Å². The average Bonchev–Trinajstić information content (AvgIpc) is 2.79. The van der Waals surface area contributed by atoms with Gasteiger partial charge >= 0.3 is 5.97 Å². The molecule has 1 aromatic carbocycles. The van der Waals surface area contributed by atoms with Crippen LogP contribution < -0.4 is 15.2 Å². The fraction of sp³-hybridized carbons (Fsp3) is 0.500. The lowest BCUT2D eigenvalue weighted by Gasteiger charge is -2.17. The molecule has 0 spiro atoms. The molecule has 1 aliphatic rings. The van der Waals surface area contributed by atoms with E-state index in [-0.39, 0.29) is 12.5 Å². The number of carbonyl (C=O) groups is 1. The van der Waals surface area contributed by atoms with E-state index >= 15 is 0 Å². The van der Waals surface area contributed by atoms with Crippen molar-refractivity contribution in [2.75, 3.05) is 7.11 Å². The number of halogens is 1. The highest BCUT2D eigenvalue weighted by atomic mass is 35.5. The molecule has 6 heteroatoms. The number of aliphatic carboxylic acids is 1. The minimum atomic E-state index is -0.873. The summed E-state index contributed by atoms with van der Waals surface area (Å²) in [5.74, 6) is 0.385. The molecule has 20 heavy (non-hydrogen) atoms. The van der Waals surface area contributed by atoms with Gasteiger partial charge in [0.15, 0.2) is 11.5 Å². The molecule has 2 rings (SSSR count). The van der Waals surface area contributed by atoms with Crippen LogP contribution in [0.4, 0.5) is 0 Å². The Balaban J connectivity index is 2.35. The smallest absolute Gasteiger partial charge is 0.303 e. The summed E-state index contributed by atoms with van der Waals surface area (Å²) >= 11 is 6.40. The van der Waals surface area contributed by atoms with Crippen molar-refractivity contribution in [3.63, 3.8) is 0 Å². The Morgan fingerprint density at radius 3 is 3.00 bits per heavy atom. The van der Waals surface area contributed by atoms with Crippen LogP contribution in [0.25, 0.3) is 0 Å². The minimum Gasteiger partial charge on any atom is -0.493 e. The summed E-state index contributed by atoms with van der Waals surface area (Å²) in [7, 11) is 1.56. The molecule has 1 heterocycles. The van der Waals surface area contributed by atoms with Gasteiger partial charge in [0.25, 0.3) is 0 Å². The Morgan fingerprint density at radius 1 is 1.70 bits per heavy atom. The van der Waals surface area contributed by atoms with E-state index in [0.717, 1.165) is 5.56 Å². The summed E-state index contributed by atoms with van der Waals surface area (Å²) in [6.45, 7) is 1.96. The monoisotopic (exact) mass is 299 g/mol. The summed E-state index contributed by atoms with van der Waals surface area (Å²) in [5.41, 5.74) is 7.65. The molecule has 2 unspecified atom stereocenters. The van der Waals surface area contributed by atoms with Crippen LogP contribution in [-0.4, -0.2) is 24.3 Å². The Labute approximate surface area is 122 Å². The zero-order valence-corrected chi connectivity index (χ0v) is 12.2. The maximum absolute atomic E-state index is 10.6. The van der Waals surface area contributed by atoms with Crippen molar-refractivity contribution in [3.8, 4) is 11.5 Å². The van der Waals surface area contributed by atoms with E-state index in [9.17, 15) is 4.79 Å². The number of ether oxygens (including phenoxy) is 2. The average molecular weight is 300 g/mol. The Hall–Kier alpha value is -1.46. The summed E-state index contributed by atoms with van der Waals surface area (Å²) in [6, 6.07) is 1.31. The molecule has 0 aliphatic carbocycles. The standard InChI is InChI=1S/C14H18ClNO4/c1-7-5-9-13(15)8(10(16)3-4-12(17)18)6-11(19-2)14(9)20-7/h6-7,10H,3-5,16H2,1-2H3,(H,17,18). The lowest BCUT2D eigenvalue weighted by molar-refractivity contribution is -0.137. The number of nitrogens with two attached hydrogens (primary N) is 1. The number of rotatable bonds is 5. The Morgan fingerprint density at radius 2 is 2.40 bits per heavy atom. The molecule has 3 N–H and O–H groups in total. The summed E-state index contributed by atoms with van der Waals surface area (Å²) < 4.78 is 11.0. The van der Waals surface area contributed by atoms with Crippen LogP contribution in [-0.2, 0) is 11.2 Å². The summed E-state index contributed by atoms with van der Waals surface area (Å²) in [4.78, 5) is 10.6. The molecule has 110 valence electrons. The molecule has 0 aromatic heterocycles. The Kier molecular flexibility index (Phi) is 4.40. The molecule has 0 bridgehead atoms. The van der Waals surface area contributed by atoms with Gasteiger partial charge in [-0.15, -0.1) is 0 Å². The molecule has 5 nitrogen and oxygen atoms in total. The highest BCUT2D eigenvalue weighted by molar-refractivity contribution is 6.32. The first-order valence-electron chi connectivity index (χ1n) is 6.47. The predicted molar refractivity (Wildman–Crippen MR) is 75.6 cm³/mol. The van der Waals surface area contributed by atoms with Gasteiger partial charge in [-0.25, -0.2) is 0 Å². The SMILES string of the molecule is COc1cc(C(N)CCC(=O)O)c(Cl)c2c1OC(C)C2. The number of hydrogen-bond acceptors (Lipinski definition) is 4. The molecule has 0 amide bonds. The predicted octanol–water partition coefficient (Wildman–Crippen LogP) is 2.54. The number of hydrogen-bond donors (Lipinski definition) is 2. The van der Waals surface area contributed by atoms with E-state index in [1.54, 1.807) is 13.2 Å². The van der Waals surface area contributed by atoms with E-state index in [1.807, 2.05) is 6.92 Å². The van der Waals surface area contributed by atoms with Crippen LogP contribution in [0, 0.1) is 0 Å². The van der Waals surface area contributed by atoms with E-state index in [2.05, 4.69) is 0 Å². The van der Waals surface area contributed by atoms with Crippen molar-refractivity contribution < 1.29 is 19.4 Å². The van der Waals surface area contributed by atoms with Crippen LogP contribution >= 0.6 is 11.6 Å². The van der Waals surface area contributed by atoms with Crippen LogP contribution in [0.1, 0.15) is 36.9 Å². The molecule has 2 atom stereocenters. The van der Waals surface area contributed by atoms with Gasteiger partial charge in [-0.1, -0.05) is 11.6 Å². The van der Waals surface area contributed by atoms with Crippen LogP contribution in [0.2, 0.25) is 5.02 Å². The first-order chi connectivity index (χ1) is 9.43. The van der Waals surface area contributed by atoms with E-state index < -0.39 is 12.0 Å². The number of carboxylic acid groups (broad SMARTS) is 1.